The van der Waals surface area contributed by atoms with Crippen LogP contribution in [-0.2, 0) is 47.9 Å². The summed E-state index contributed by atoms with van der Waals surface area (Å²) in [6.07, 6.45) is -3.02. The van der Waals surface area contributed by atoms with Crippen molar-refractivity contribution in [3.05, 3.63) is 0 Å². The highest BCUT2D eigenvalue weighted by Gasteiger charge is 2.32. The minimum absolute atomic E-state index is 0.523. The third-order valence-corrected chi connectivity index (χ3v) is 4.73. The molecular weight excluding hydrogens is 556 g/mol. The fourth-order valence-corrected chi connectivity index (χ4v) is 2.92. The molecule has 9 amide bonds. The van der Waals surface area contributed by atoms with E-state index in [2.05, 4.69) is 10.6 Å². The molecule has 0 aliphatic heterocycles. The SMILES string of the molecule is NC(=O)C[C@H](NC(=O)CNC(=O)[C@@H](N)CC(N)=O)C(=O)N[C@@H](CC(N)=O)C(=O)N[C@@H](CC(N)=O)C(=O)NCC(=O)O. The average molecular weight is 589 g/mol. The third kappa shape index (κ3) is 15.6. The van der Waals surface area contributed by atoms with Gasteiger partial charge in [-0.3, -0.25) is 47.9 Å². The van der Waals surface area contributed by atoms with Crippen molar-refractivity contribution in [2.24, 2.45) is 28.7 Å². The first-order valence-electron chi connectivity index (χ1n) is 11.5. The topological polar surface area (TPSA) is 381 Å². The quantitative estimate of drug-likeness (QED) is 0.0670. The fraction of sp³-hybridized carbons (Fsp3) is 0.500. The predicted molar refractivity (Wildman–Crippen MR) is 133 cm³/mol. The molecule has 41 heavy (non-hydrogen) atoms. The molecule has 0 aromatic rings. The highest BCUT2D eigenvalue weighted by atomic mass is 16.4. The normalized spacial score (nSPS) is 13.2. The van der Waals surface area contributed by atoms with Gasteiger partial charge in [-0.25, -0.2) is 0 Å². The largest absolute Gasteiger partial charge is 0.480 e. The monoisotopic (exact) mass is 588 g/mol. The number of nitrogens with two attached hydrogens (primary N) is 5. The van der Waals surface area contributed by atoms with E-state index < -0.39 is 122 Å². The van der Waals surface area contributed by atoms with Crippen molar-refractivity contribution < 1.29 is 53.1 Å². The maximum Gasteiger partial charge on any atom is 0.322 e. The van der Waals surface area contributed by atoms with Gasteiger partial charge >= 0.3 is 5.97 Å². The zero-order valence-corrected chi connectivity index (χ0v) is 21.5. The molecule has 0 radical (unpaired) electrons. The van der Waals surface area contributed by atoms with Gasteiger partial charge < -0.3 is 60.4 Å². The number of aliphatic carboxylic acids is 1. The van der Waals surface area contributed by atoms with Gasteiger partial charge in [0.05, 0.1) is 38.3 Å². The molecule has 0 aromatic carbocycles. The third-order valence-electron chi connectivity index (χ3n) is 4.73. The van der Waals surface area contributed by atoms with Crippen LogP contribution in [-0.4, -0.2) is 101 Å². The summed E-state index contributed by atoms with van der Waals surface area (Å²) in [5.74, 6) is -11.2. The summed E-state index contributed by atoms with van der Waals surface area (Å²) in [6, 6.07) is -6.68. The number of nitrogens with one attached hydrogen (secondary N) is 5. The Morgan fingerprint density at radius 3 is 1.27 bits per heavy atom. The summed E-state index contributed by atoms with van der Waals surface area (Å²) in [5, 5.41) is 18.8. The molecular formula is C20H32N10O11. The summed E-state index contributed by atoms with van der Waals surface area (Å²) in [5.41, 5.74) is 25.6. The number of hydrogen-bond acceptors (Lipinski definition) is 11. The summed E-state index contributed by atoms with van der Waals surface area (Å²) in [4.78, 5) is 118. The van der Waals surface area contributed by atoms with Crippen LogP contribution < -0.4 is 55.3 Å². The maximum absolute atomic E-state index is 12.8. The van der Waals surface area contributed by atoms with Crippen LogP contribution in [0, 0.1) is 0 Å². The van der Waals surface area contributed by atoms with Gasteiger partial charge in [-0.05, 0) is 0 Å². The second-order valence-corrected chi connectivity index (χ2v) is 8.36. The summed E-state index contributed by atoms with van der Waals surface area (Å²) < 4.78 is 0. The minimum Gasteiger partial charge on any atom is -0.480 e. The highest BCUT2D eigenvalue weighted by Crippen LogP contribution is 2.01. The molecule has 0 fully saturated rings. The van der Waals surface area contributed by atoms with Crippen molar-refractivity contribution in [1.29, 1.82) is 0 Å². The Balaban J connectivity index is 5.61. The van der Waals surface area contributed by atoms with Crippen LogP contribution >= 0.6 is 0 Å². The zero-order valence-electron chi connectivity index (χ0n) is 21.5. The molecule has 0 saturated heterocycles. The molecule has 0 spiro atoms. The molecule has 0 rings (SSSR count). The molecule has 0 bridgehead atoms. The zero-order chi connectivity index (χ0) is 31.9. The van der Waals surface area contributed by atoms with E-state index in [1.165, 1.54) is 0 Å². The molecule has 0 aliphatic carbocycles. The Kier molecular flexibility index (Phi) is 15.0. The van der Waals surface area contributed by atoms with E-state index in [4.69, 9.17) is 33.8 Å². The molecule has 228 valence electrons. The van der Waals surface area contributed by atoms with Gasteiger partial charge in [0.1, 0.15) is 24.7 Å². The first-order chi connectivity index (χ1) is 18.9. The van der Waals surface area contributed by atoms with Crippen molar-refractivity contribution in [2.45, 2.75) is 49.9 Å². The smallest absolute Gasteiger partial charge is 0.322 e. The van der Waals surface area contributed by atoms with Crippen LogP contribution in [0.1, 0.15) is 25.7 Å². The number of carbonyl (C=O) groups is 10. The van der Waals surface area contributed by atoms with Crippen LogP contribution in [0.15, 0.2) is 0 Å². The van der Waals surface area contributed by atoms with Gasteiger partial charge in [-0.15, -0.1) is 0 Å². The van der Waals surface area contributed by atoms with Gasteiger partial charge in [0, 0.05) is 0 Å². The Hall–Kier alpha value is -5.34. The minimum atomic E-state index is -1.83. The molecule has 21 heteroatoms. The fourth-order valence-electron chi connectivity index (χ4n) is 2.92. The second kappa shape index (κ2) is 17.3. The maximum atomic E-state index is 12.8. The van der Waals surface area contributed by atoms with E-state index in [-0.39, 0.29) is 0 Å². The predicted octanol–water partition coefficient (Wildman–Crippen LogP) is -8.41. The molecule has 0 heterocycles. The summed E-state index contributed by atoms with van der Waals surface area (Å²) in [7, 11) is 0. The Morgan fingerprint density at radius 2 is 0.878 bits per heavy atom. The molecule has 16 N–H and O–H groups in total. The molecule has 21 nitrogen and oxygen atoms in total. The Morgan fingerprint density at radius 1 is 0.512 bits per heavy atom. The number of rotatable bonds is 19. The number of hydrogen-bond donors (Lipinski definition) is 11. The van der Waals surface area contributed by atoms with E-state index >= 15 is 0 Å². The van der Waals surface area contributed by atoms with Crippen molar-refractivity contribution in [1.82, 2.24) is 26.6 Å². The van der Waals surface area contributed by atoms with E-state index in [1.54, 1.807) is 0 Å². The molecule has 0 unspecified atom stereocenters. The van der Waals surface area contributed by atoms with Crippen LogP contribution in [0.4, 0.5) is 0 Å². The lowest BCUT2D eigenvalue weighted by Gasteiger charge is -2.24. The lowest BCUT2D eigenvalue weighted by atomic mass is 10.1. The molecule has 0 aliphatic rings. The Labute approximate surface area is 231 Å². The first-order valence-corrected chi connectivity index (χ1v) is 11.5. The van der Waals surface area contributed by atoms with E-state index in [1.807, 2.05) is 16.0 Å². The van der Waals surface area contributed by atoms with Crippen LogP contribution in [0.3, 0.4) is 0 Å². The van der Waals surface area contributed by atoms with E-state index in [0.29, 0.717) is 0 Å². The molecule has 0 saturated carbocycles. The van der Waals surface area contributed by atoms with Crippen molar-refractivity contribution in [2.75, 3.05) is 13.1 Å². The molecule has 0 aromatic heterocycles. The highest BCUT2D eigenvalue weighted by molar-refractivity contribution is 5.99. The van der Waals surface area contributed by atoms with Gasteiger partial charge in [-0.1, -0.05) is 0 Å². The first kappa shape index (κ1) is 35.7. The van der Waals surface area contributed by atoms with Crippen molar-refractivity contribution in [3.63, 3.8) is 0 Å². The number of carboxylic acids is 1. The molecule has 4 atom stereocenters. The van der Waals surface area contributed by atoms with Crippen LogP contribution in [0.25, 0.3) is 0 Å². The lowest BCUT2D eigenvalue weighted by Crippen LogP contribution is -2.59. The van der Waals surface area contributed by atoms with Crippen molar-refractivity contribution >= 4 is 59.1 Å². The van der Waals surface area contributed by atoms with E-state index in [9.17, 15) is 47.9 Å². The number of carbonyl (C=O) groups excluding carboxylic acids is 9. The van der Waals surface area contributed by atoms with Crippen LogP contribution in [0.5, 0.6) is 0 Å². The van der Waals surface area contributed by atoms with Crippen LogP contribution in [0.2, 0.25) is 0 Å². The summed E-state index contributed by atoms with van der Waals surface area (Å²) in [6.45, 7) is -1.66. The van der Waals surface area contributed by atoms with E-state index in [0.717, 1.165) is 0 Å². The van der Waals surface area contributed by atoms with Gasteiger partial charge in [0.15, 0.2) is 0 Å². The lowest BCUT2D eigenvalue weighted by molar-refractivity contribution is -0.139. The number of primary amides is 4. The summed E-state index contributed by atoms with van der Waals surface area (Å²) >= 11 is 0. The van der Waals surface area contributed by atoms with Crippen molar-refractivity contribution in [3.8, 4) is 0 Å². The number of carboxylic acid groups (broad SMARTS) is 1. The Bertz CT molecular complexity index is 1080. The van der Waals surface area contributed by atoms with Gasteiger partial charge in [0.25, 0.3) is 0 Å². The van der Waals surface area contributed by atoms with Gasteiger partial charge in [0.2, 0.25) is 53.2 Å². The number of amides is 9. The second-order valence-electron chi connectivity index (χ2n) is 8.36. The standard InChI is InChI=1S/C20H32N10O11/c21-7(1-11(22)31)17(38)26-5-15(35)28-9(3-13(24)33)19(40)30-10(4-14(25)34)20(41)29-8(2-12(23)32)18(39)27-6-16(36)37/h7-10H,1-6,21H2,(H2,22,31)(H2,23,32)(H2,24,33)(H2,25,34)(H,26,38)(H,27,39)(H,28,35)(H,29,41)(H,30,40)(H,36,37)/t7-,8-,9-,10-/m0/s1. The van der Waals surface area contributed by atoms with Gasteiger partial charge in [-0.2, -0.15) is 0 Å². The average Bonchev–Trinajstić information content (AvgIpc) is 2.83.